The number of carbonyl (C=O) groups is 1. The molecule has 0 radical (unpaired) electrons. The molecule has 2 aromatic carbocycles. The summed E-state index contributed by atoms with van der Waals surface area (Å²) in [5.41, 5.74) is 3.60. The third-order valence-corrected chi connectivity index (χ3v) is 5.72. The van der Waals surface area contributed by atoms with E-state index in [0.29, 0.717) is 6.42 Å². The SMILES string of the molecule is O=C1CCc2cc(OCCCN3CCC(c4ccccc4)CC3)ccc2N1. The van der Waals surface area contributed by atoms with Crippen molar-refractivity contribution in [2.24, 2.45) is 0 Å². The van der Waals surface area contributed by atoms with Gasteiger partial charge in [0.1, 0.15) is 5.75 Å². The van der Waals surface area contributed by atoms with Crippen LogP contribution in [0.2, 0.25) is 0 Å². The molecule has 0 bridgehead atoms. The van der Waals surface area contributed by atoms with Crippen molar-refractivity contribution in [2.45, 2.75) is 38.0 Å². The second-order valence-corrected chi connectivity index (χ2v) is 7.60. The summed E-state index contributed by atoms with van der Waals surface area (Å²) in [5, 5.41) is 2.91. The van der Waals surface area contributed by atoms with Crippen LogP contribution in [0.15, 0.2) is 48.5 Å². The van der Waals surface area contributed by atoms with E-state index in [9.17, 15) is 4.79 Å². The quantitative estimate of drug-likeness (QED) is 0.781. The highest BCUT2D eigenvalue weighted by atomic mass is 16.5. The average molecular weight is 364 g/mol. The third kappa shape index (κ3) is 4.69. The number of carbonyl (C=O) groups excluding carboxylic acids is 1. The zero-order chi connectivity index (χ0) is 18.5. The van der Waals surface area contributed by atoms with Crippen molar-refractivity contribution in [2.75, 3.05) is 31.6 Å². The van der Waals surface area contributed by atoms with Crippen LogP contribution in [-0.4, -0.2) is 37.0 Å². The minimum Gasteiger partial charge on any atom is -0.494 e. The molecule has 1 fully saturated rings. The van der Waals surface area contributed by atoms with E-state index in [1.165, 1.54) is 37.1 Å². The standard InChI is InChI=1S/C23H28N2O2/c26-23-10-7-20-17-21(8-9-22(20)24-23)27-16-4-13-25-14-11-19(12-15-25)18-5-2-1-3-6-18/h1-3,5-6,8-9,17,19H,4,7,10-16H2,(H,24,26). The Kier molecular flexibility index (Phi) is 5.73. The summed E-state index contributed by atoms with van der Waals surface area (Å²) in [6.45, 7) is 4.20. The molecule has 1 N–H and O–H groups in total. The van der Waals surface area contributed by atoms with Crippen molar-refractivity contribution in [1.29, 1.82) is 0 Å². The van der Waals surface area contributed by atoms with Crippen LogP contribution in [-0.2, 0) is 11.2 Å². The van der Waals surface area contributed by atoms with Gasteiger partial charge in [-0.3, -0.25) is 4.79 Å². The van der Waals surface area contributed by atoms with Crippen LogP contribution in [0.4, 0.5) is 5.69 Å². The maximum absolute atomic E-state index is 11.4. The van der Waals surface area contributed by atoms with Gasteiger partial charge in [-0.25, -0.2) is 0 Å². The van der Waals surface area contributed by atoms with E-state index in [1.807, 2.05) is 12.1 Å². The van der Waals surface area contributed by atoms with Crippen molar-refractivity contribution in [1.82, 2.24) is 4.90 Å². The fraction of sp³-hybridized carbons (Fsp3) is 0.435. The number of hydrogen-bond acceptors (Lipinski definition) is 3. The van der Waals surface area contributed by atoms with E-state index in [4.69, 9.17) is 4.74 Å². The highest BCUT2D eigenvalue weighted by molar-refractivity contribution is 5.93. The van der Waals surface area contributed by atoms with Gasteiger partial charge in [0.25, 0.3) is 0 Å². The van der Waals surface area contributed by atoms with Gasteiger partial charge in [-0.2, -0.15) is 0 Å². The number of nitrogens with zero attached hydrogens (tertiary/aromatic N) is 1. The van der Waals surface area contributed by atoms with Crippen LogP contribution < -0.4 is 10.1 Å². The predicted octanol–water partition coefficient (Wildman–Crippen LogP) is 4.22. The molecule has 0 saturated carbocycles. The number of benzene rings is 2. The Morgan fingerprint density at radius 1 is 1.04 bits per heavy atom. The Hall–Kier alpha value is -2.33. The first kappa shape index (κ1) is 18.1. The van der Waals surface area contributed by atoms with E-state index in [2.05, 4.69) is 46.6 Å². The van der Waals surface area contributed by atoms with Crippen LogP contribution in [0.25, 0.3) is 0 Å². The molecular formula is C23H28N2O2. The lowest BCUT2D eigenvalue weighted by molar-refractivity contribution is -0.116. The summed E-state index contributed by atoms with van der Waals surface area (Å²) in [4.78, 5) is 14.0. The van der Waals surface area contributed by atoms with Crippen molar-refractivity contribution >= 4 is 11.6 Å². The molecule has 2 aliphatic rings. The monoisotopic (exact) mass is 364 g/mol. The number of anilines is 1. The zero-order valence-corrected chi connectivity index (χ0v) is 15.8. The number of aryl methyl sites for hydroxylation is 1. The minimum atomic E-state index is 0.104. The molecule has 2 aliphatic heterocycles. The summed E-state index contributed by atoms with van der Waals surface area (Å²) >= 11 is 0. The van der Waals surface area contributed by atoms with Gasteiger partial charge in [-0.05, 0) is 74.0 Å². The Morgan fingerprint density at radius 2 is 1.85 bits per heavy atom. The van der Waals surface area contributed by atoms with Gasteiger partial charge in [0.2, 0.25) is 5.91 Å². The van der Waals surface area contributed by atoms with Gasteiger partial charge in [0, 0.05) is 18.7 Å². The van der Waals surface area contributed by atoms with Crippen molar-refractivity contribution in [3.05, 3.63) is 59.7 Å². The van der Waals surface area contributed by atoms with E-state index in [-0.39, 0.29) is 5.91 Å². The first-order valence-corrected chi connectivity index (χ1v) is 10.1. The van der Waals surface area contributed by atoms with Crippen LogP contribution in [0.1, 0.15) is 42.7 Å². The minimum absolute atomic E-state index is 0.104. The summed E-state index contributed by atoms with van der Waals surface area (Å²) < 4.78 is 5.94. The molecule has 142 valence electrons. The highest BCUT2D eigenvalue weighted by Crippen LogP contribution is 2.28. The summed E-state index contributed by atoms with van der Waals surface area (Å²) in [5.74, 6) is 1.73. The predicted molar refractivity (Wildman–Crippen MR) is 108 cm³/mol. The number of amides is 1. The average Bonchev–Trinajstić information content (AvgIpc) is 2.72. The Bertz CT molecular complexity index is 767. The maximum Gasteiger partial charge on any atom is 0.224 e. The van der Waals surface area contributed by atoms with Crippen molar-refractivity contribution < 1.29 is 9.53 Å². The van der Waals surface area contributed by atoms with Crippen LogP contribution >= 0.6 is 0 Å². The molecule has 0 spiro atoms. The van der Waals surface area contributed by atoms with E-state index >= 15 is 0 Å². The molecule has 1 amide bonds. The van der Waals surface area contributed by atoms with Gasteiger partial charge >= 0.3 is 0 Å². The van der Waals surface area contributed by atoms with Crippen LogP contribution in [0.5, 0.6) is 5.75 Å². The highest BCUT2D eigenvalue weighted by Gasteiger charge is 2.20. The van der Waals surface area contributed by atoms with Crippen molar-refractivity contribution in [3.8, 4) is 5.75 Å². The number of fused-ring (bicyclic) bond motifs is 1. The number of piperidine rings is 1. The third-order valence-electron chi connectivity index (χ3n) is 5.72. The molecule has 4 rings (SSSR count). The second kappa shape index (κ2) is 8.57. The Morgan fingerprint density at radius 3 is 2.67 bits per heavy atom. The zero-order valence-electron chi connectivity index (χ0n) is 15.8. The molecular weight excluding hydrogens is 336 g/mol. The number of rotatable bonds is 6. The number of nitrogens with one attached hydrogen (secondary N) is 1. The van der Waals surface area contributed by atoms with Gasteiger partial charge in [0.05, 0.1) is 6.61 Å². The van der Waals surface area contributed by atoms with Crippen LogP contribution in [0.3, 0.4) is 0 Å². The van der Waals surface area contributed by atoms with Crippen molar-refractivity contribution in [3.63, 3.8) is 0 Å². The molecule has 2 aromatic rings. The topological polar surface area (TPSA) is 41.6 Å². The molecule has 2 heterocycles. The fourth-order valence-corrected chi connectivity index (χ4v) is 4.14. The fourth-order valence-electron chi connectivity index (χ4n) is 4.14. The van der Waals surface area contributed by atoms with E-state index < -0.39 is 0 Å². The van der Waals surface area contributed by atoms with Gasteiger partial charge in [-0.1, -0.05) is 30.3 Å². The molecule has 0 atom stereocenters. The summed E-state index contributed by atoms with van der Waals surface area (Å²) in [6.07, 6.45) is 4.91. The first-order chi connectivity index (χ1) is 13.3. The molecule has 1 saturated heterocycles. The molecule has 0 unspecified atom stereocenters. The number of ether oxygens (including phenoxy) is 1. The number of hydrogen-bond donors (Lipinski definition) is 1. The smallest absolute Gasteiger partial charge is 0.224 e. The Labute approximate surface area is 161 Å². The van der Waals surface area contributed by atoms with Crippen LogP contribution in [0, 0.1) is 0 Å². The first-order valence-electron chi connectivity index (χ1n) is 10.1. The number of likely N-dealkylation sites (tertiary alicyclic amines) is 1. The summed E-state index contributed by atoms with van der Waals surface area (Å²) in [6, 6.07) is 16.9. The molecule has 4 heteroatoms. The lowest BCUT2D eigenvalue weighted by Gasteiger charge is -2.32. The molecule has 0 aliphatic carbocycles. The van der Waals surface area contributed by atoms with Gasteiger partial charge in [0.15, 0.2) is 0 Å². The van der Waals surface area contributed by atoms with E-state index in [1.54, 1.807) is 0 Å². The maximum atomic E-state index is 11.4. The Balaban J connectivity index is 1.17. The largest absolute Gasteiger partial charge is 0.494 e. The molecule has 27 heavy (non-hydrogen) atoms. The summed E-state index contributed by atoms with van der Waals surface area (Å²) in [7, 11) is 0. The normalized spacial score (nSPS) is 18.0. The van der Waals surface area contributed by atoms with Gasteiger partial charge in [-0.15, -0.1) is 0 Å². The van der Waals surface area contributed by atoms with E-state index in [0.717, 1.165) is 43.3 Å². The lowest BCUT2D eigenvalue weighted by Crippen LogP contribution is -2.34. The second-order valence-electron chi connectivity index (χ2n) is 7.60. The molecule has 4 nitrogen and oxygen atoms in total. The molecule has 0 aromatic heterocycles. The lowest BCUT2D eigenvalue weighted by atomic mass is 9.89. The van der Waals surface area contributed by atoms with Gasteiger partial charge < -0.3 is 15.0 Å².